The van der Waals surface area contributed by atoms with E-state index in [4.69, 9.17) is 0 Å². The monoisotopic (exact) mass is 237 g/mol. The predicted octanol–water partition coefficient (Wildman–Crippen LogP) is 2.64. The van der Waals surface area contributed by atoms with Crippen molar-refractivity contribution in [2.75, 3.05) is 6.61 Å². The second-order valence-electron chi connectivity index (χ2n) is 5.55. The lowest BCUT2D eigenvalue weighted by atomic mass is 9.84. The molecular formula is C14H20FNO. The first-order valence-corrected chi connectivity index (χ1v) is 6.15. The van der Waals surface area contributed by atoms with Gasteiger partial charge in [-0.1, -0.05) is 26.0 Å². The third-order valence-electron chi connectivity index (χ3n) is 3.75. The van der Waals surface area contributed by atoms with Gasteiger partial charge in [-0.25, -0.2) is 4.39 Å². The molecule has 0 aromatic heterocycles. The molecule has 1 aromatic carbocycles. The van der Waals surface area contributed by atoms with Crippen molar-refractivity contribution in [3.05, 3.63) is 35.6 Å². The van der Waals surface area contributed by atoms with Crippen molar-refractivity contribution < 1.29 is 9.50 Å². The van der Waals surface area contributed by atoms with Gasteiger partial charge in [0.15, 0.2) is 0 Å². The Morgan fingerprint density at radius 1 is 1.41 bits per heavy atom. The SMILES string of the molecule is CC(C)(CO)[C@H]1CC[C@@H](c2cccc(F)c2)N1. The number of hydrogen-bond donors (Lipinski definition) is 2. The molecule has 2 nitrogen and oxygen atoms in total. The van der Waals surface area contributed by atoms with Gasteiger partial charge < -0.3 is 10.4 Å². The van der Waals surface area contributed by atoms with Gasteiger partial charge in [-0.05, 0) is 30.5 Å². The van der Waals surface area contributed by atoms with Gasteiger partial charge in [0, 0.05) is 24.1 Å². The van der Waals surface area contributed by atoms with E-state index in [0.717, 1.165) is 18.4 Å². The molecule has 2 rings (SSSR count). The van der Waals surface area contributed by atoms with Crippen molar-refractivity contribution in [3.63, 3.8) is 0 Å². The van der Waals surface area contributed by atoms with Crippen molar-refractivity contribution in [2.24, 2.45) is 5.41 Å². The molecule has 1 aliphatic heterocycles. The van der Waals surface area contributed by atoms with Crippen LogP contribution in [0.25, 0.3) is 0 Å². The van der Waals surface area contributed by atoms with Gasteiger partial charge in [0.2, 0.25) is 0 Å². The fourth-order valence-corrected chi connectivity index (χ4v) is 2.46. The lowest BCUT2D eigenvalue weighted by Gasteiger charge is -2.30. The molecule has 0 spiro atoms. The van der Waals surface area contributed by atoms with Gasteiger partial charge in [-0.2, -0.15) is 0 Å². The van der Waals surface area contributed by atoms with Gasteiger partial charge in [0.05, 0.1) is 0 Å². The van der Waals surface area contributed by atoms with Crippen LogP contribution in [0, 0.1) is 11.2 Å². The zero-order valence-corrected chi connectivity index (χ0v) is 10.4. The minimum atomic E-state index is -0.186. The standard InChI is InChI=1S/C14H20FNO/c1-14(2,9-17)13-7-6-12(16-13)10-4-3-5-11(15)8-10/h3-5,8,12-13,16-17H,6-7,9H2,1-2H3/t12-,13+/m0/s1. The smallest absolute Gasteiger partial charge is 0.123 e. The van der Waals surface area contributed by atoms with Crippen molar-refractivity contribution in [2.45, 2.75) is 38.8 Å². The first kappa shape index (κ1) is 12.5. The molecular weight excluding hydrogens is 217 g/mol. The molecule has 0 bridgehead atoms. The Bertz CT molecular complexity index is 392. The number of nitrogens with one attached hydrogen (secondary N) is 1. The lowest BCUT2D eigenvalue weighted by Crippen LogP contribution is -2.40. The van der Waals surface area contributed by atoms with E-state index in [0.29, 0.717) is 6.04 Å². The number of aliphatic hydroxyl groups is 1. The van der Waals surface area contributed by atoms with Crippen LogP contribution in [-0.2, 0) is 0 Å². The summed E-state index contributed by atoms with van der Waals surface area (Å²) in [6.45, 7) is 4.28. The van der Waals surface area contributed by atoms with Gasteiger partial charge in [-0.3, -0.25) is 0 Å². The van der Waals surface area contributed by atoms with Crippen LogP contribution in [0.2, 0.25) is 0 Å². The average molecular weight is 237 g/mol. The number of aliphatic hydroxyl groups excluding tert-OH is 1. The topological polar surface area (TPSA) is 32.3 Å². The van der Waals surface area contributed by atoms with E-state index in [1.807, 2.05) is 6.07 Å². The van der Waals surface area contributed by atoms with Gasteiger partial charge in [-0.15, -0.1) is 0 Å². The molecule has 2 atom stereocenters. The summed E-state index contributed by atoms with van der Waals surface area (Å²) in [5.41, 5.74) is 0.878. The summed E-state index contributed by atoms with van der Waals surface area (Å²) in [5, 5.41) is 12.9. The number of halogens is 1. The third kappa shape index (κ3) is 2.67. The van der Waals surface area contributed by atoms with Gasteiger partial charge in [0.25, 0.3) is 0 Å². The first-order chi connectivity index (χ1) is 8.03. The second kappa shape index (κ2) is 4.75. The highest BCUT2D eigenvalue weighted by Gasteiger charge is 2.35. The third-order valence-corrected chi connectivity index (χ3v) is 3.75. The lowest BCUT2D eigenvalue weighted by molar-refractivity contribution is 0.122. The van der Waals surface area contributed by atoms with Crippen LogP contribution < -0.4 is 5.32 Å². The van der Waals surface area contributed by atoms with Crippen LogP contribution in [0.1, 0.15) is 38.3 Å². The highest BCUT2D eigenvalue weighted by atomic mass is 19.1. The van der Waals surface area contributed by atoms with E-state index in [1.165, 1.54) is 6.07 Å². The maximum absolute atomic E-state index is 13.2. The van der Waals surface area contributed by atoms with Crippen LogP contribution in [0.3, 0.4) is 0 Å². The second-order valence-corrected chi connectivity index (χ2v) is 5.55. The van der Waals surface area contributed by atoms with Crippen LogP contribution >= 0.6 is 0 Å². The summed E-state index contributed by atoms with van der Waals surface area (Å²) in [5.74, 6) is -0.186. The average Bonchev–Trinajstić information content (AvgIpc) is 2.79. The number of benzene rings is 1. The zero-order valence-electron chi connectivity index (χ0n) is 10.4. The van der Waals surface area contributed by atoms with E-state index in [1.54, 1.807) is 12.1 Å². The molecule has 0 unspecified atom stereocenters. The van der Waals surface area contributed by atoms with E-state index in [9.17, 15) is 9.50 Å². The van der Waals surface area contributed by atoms with E-state index >= 15 is 0 Å². The molecule has 1 fully saturated rings. The van der Waals surface area contributed by atoms with Gasteiger partial charge >= 0.3 is 0 Å². The van der Waals surface area contributed by atoms with Crippen LogP contribution in [-0.4, -0.2) is 17.8 Å². The quantitative estimate of drug-likeness (QED) is 0.847. The Morgan fingerprint density at radius 3 is 2.82 bits per heavy atom. The summed E-state index contributed by atoms with van der Waals surface area (Å²) in [6, 6.07) is 7.26. The molecule has 1 aromatic rings. The molecule has 1 aliphatic rings. The number of rotatable bonds is 3. The van der Waals surface area contributed by atoms with E-state index in [-0.39, 0.29) is 23.9 Å². The minimum Gasteiger partial charge on any atom is -0.396 e. The van der Waals surface area contributed by atoms with E-state index in [2.05, 4.69) is 19.2 Å². The molecule has 0 aliphatic carbocycles. The summed E-state index contributed by atoms with van der Waals surface area (Å²) < 4.78 is 13.2. The molecule has 17 heavy (non-hydrogen) atoms. The van der Waals surface area contributed by atoms with Crippen LogP contribution in [0.4, 0.5) is 4.39 Å². The molecule has 0 saturated carbocycles. The van der Waals surface area contributed by atoms with E-state index < -0.39 is 0 Å². The highest BCUT2D eigenvalue weighted by molar-refractivity contribution is 5.21. The zero-order chi connectivity index (χ0) is 12.5. The summed E-state index contributed by atoms with van der Waals surface area (Å²) in [6.07, 6.45) is 2.02. The maximum Gasteiger partial charge on any atom is 0.123 e. The Hall–Kier alpha value is -0.930. The molecule has 1 saturated heterocycles. The summed E-state index contributed by atoms with van der Waals surface area (Å²) in [7, 11) is 0. The molecule has 3 heteroatoms. The van der Waals surface area contributed by atoms with Crippen molar-refractivity contribution in [3.8, 4) is 0 Å². The summed E-state index contributed by atoms with van der Waals surface area (Å²) >= 11 is 0. The maximum atomic E-state index is 13.2. The summed E-state index contributed by atoms with van der Waals surface area (Å²) in [4.78, 5) is 0. The van der Waals surface area contributed by atoms with Crippen LogP contribution in [0.5, 0.6) is 0 Å². The molecule has 1 heterocycles. The van der Waals surface area contributed by atoms with Crippen LogP contribution in [0.15, 0.2) is 24.3 Å². The van der Waals surface area contributed by atoms with Crippen molar-refractivity contribution >= 4 is 0 Å². The Labute approximate surface area is 102 Å². The number of hydrogen-bond acceptors (Lipinski definition) is 2. The molecule has 2 N–H and O–H groups in total. The normalized spacial score (nSPS) is 25.2. The Kier molecular flexibility index (Phi) is 3.50. The fraction of sp³-hybridized carbons (Fsp3) is 0.571. The molecule has 94 valence electrons. The first-order valence-electron chi connectivity index (χ1n) is 6.15. The minimum absolute atomic E-state index is 0.123. The van der Waals surface area contributed by atoms with Crippen molar-refractivity contribution in [1.29, 1.82) is 0 Å². The molecule has 0 radical (unpaired) electrons. The largest absolute Gasteiger partial charge is 0.396 e. The van der Waals surface area contributed by atoms with Crippen molar-refractivity contribution in [1.82, 2.24) is 5.32 Å². The fourth-order valence-electron chi connectivity index (χ4n) is 2.46. The Morgan fingerprint density at radius 2 is 2.18 bits per heavy atom. The Balaban J connectivity index is 2.08. The predicted molar refractivity (Wildman–Crippen MR) is 66.2 cm³/mol. The highest BCUT2D eigenvalue weighted by Crippen LogP contribution is 2.34. The molecule has 0 amide bonds. The van der Waals surface area contributed by atoms with Gasteiger partial charge in [0.1, 0.15) is 5.82 Å².